The van der Waals surface area contributed by atoms with Gasteiger partial charge in [-0.15, -0.1) is 0 Å². The number of nitrogens with zero attached hydrogens (tertiary/aromatic N) is 1. The molecule has 0 spiro atoms. The summed E-state index contributed by atoms with van der Waals surface area (Å²) < 4.78 is 12.7. The Hall–Kier alpha value is -2.76. The first-order chi connectivity index (χ1) is 9.56. The van der Waals surface area contributed by atoms with Crippen LogP contribution in [0.25, 0.3) is 0 Å². The summed E-state index contributed by atoms with van der Waals surface area (Å²) in [6, 6.07) is 8.41. The lowest BCUT2D eigenvalue weighted by molar-refractivity contribution is 0.0689. The summed E-state index contributed by atoms with van der Waals surface area (Å²) in [5, 5.41) is 11.3. The minimum absolute atomic E-state index is 0.125. The molecule has 0 unspecified atom stereocenters. The van der Waals surface area contributed by atoms with Crippen molar-refractivity contribution in [3.63, 3.8) is 0 Å². The van der Waals surface area contributed by atoms with Crippen LogP contribution in [0.3, 0.4) is 0 Å². The number of carboxylic acids is 1. The van der Waals surface area contributed by atoms with Gasteiger partial charge in [0.1, 0.15) is 11.5 Å². The van der Waals surface area contributed by atoms with Crippen LogP contribution in [0, 0.1) is 5.82 Å². The van der Waals surface area contributed by atoms with Crippen molar-refractivity contribution in [3.05, 3.63) is 65.2 Å². The number of carbonyl (C=O) groups excluding carboxylic acids is 1. The number of halogens is 1. The van der Waals surface area contributed by atoms with E-state index in [9.17, 15) is 14.0 Å². The van der Waals surface area contributed by atoms with Crippen molar-refractivity contribution in [2.45, 2.75) is 6.54 Å². The van der Waals surface area contributed by atoms with E-state index in [-0.39, 0.29) is 29.5 Å². The molecular formula is C14H11FN2O3. The lowest BCUT2D eigenvalue weighted by Gasteiger charge is -2.05. The van der Waals surface area contributed by atoms with E-state index in [2.05, 4.69) is 10.3 Å². The SMILES string of the molecule is O=C(NCc1ccc(F)cc1)c1ccc(C(=O)O)nc1. The third-order valence-electron chi connectivity index (χ3n) is 2.61. The number of pyridine rings is 1. The Balaban J connectivity index is 1.97. The van der Waals surface area contributed by atoms with Crippen LogP contribution in [-0.4, -0.2) is 22.0 Å². The number of rotatable bonds is 4. The highest BCUT2D eigenvalue weighted by atomic mass is 19.1. The van der Waals surface area contributed by atoms with Crippen molar-refractivity contribution in [2.75, 3.05) is 0 Å². The number of hydrogen-bond acceptors (Lipinski definition) is 3. The zero-order chi connectivity index (χ0) is 14.5. The van der Waals surface area contributed by atoms with Gasteiger partial charge in [0, 0.05) is 12.7 Å². The number of hydrogen-bond donors (Lipinski definition) is 2. The van der Waals surface area contributed by atoms with Crippen LogP contribution < -0.4 is 5.32 Å². The minimum atomic E-state index is -1.15. The molecule has 0 aliphatic carbocycles. The van der Waals surface area contributed by atoms with E-state index in [4.69, 9.17) is 5.11 Å². The van der Waals surface area contributed by atoms with E-state index in [1.807, 2.05) is 0 Å². The third-order valence-corrected chi connectivity index (χ3v) is 2.61. The molecule has 102 valence electrons. The van der Waals surface area contributed by atoms with Gasteiger partial charge >= 0.3 is 5.97 Å². The summed E-state index contributed by atoms with van der Waals surface area (Å²) in [6.07, 6.45) is 1.20. The zero-order valence-electron chi connectivity index (χ0n) is 10.3. The molecule has 1 aromatic heterocycles. The second-order valence-electron chi connectivity index (χ2n) is 4.05. The Morgan fingerprint density at radius 2 is 1.85 bits per heavy atom. The monoisotopic (exact) mass is 274 g/mol. The molecule has 0 bridgehead atoms. The molecule has 0 atom stereocenters. The van der Waals surface area contributed by atoms with Crippen LogP contribution in [0.4, 0.5) is 4.39 Å². The molecule has 1 amide bonds. The van der Waals surface area contributed by atoms with Crippen molar-refractivity contribution >= 4 is 11.9 Å². The van der Waals surface area contributed by atoms with Crippen molar-refractivity contribution in [1.29, 1.82) is 0 Å². The highest BCUT2D eigenvalue weighted by molar-refractivity contribution is 5.94. The van der Waals surface area contributed by atoms with Crippen LogP contribution in [0.5, 0.6) is 0 Å². The van der Waals surface area contributed by atoms with Gasteiger partial charge in [-0.3, -0.25) is 4.79 Å². The summed E-state index contributed by atoms with van der Waals surface area (Å²) in [4.78, 5) is 26.1. The number of aromatic nitrogens is 1. The van der Waals surface area contributed by atoms with Gasteiger partial charge in [0.05, 0.1) is 5.56 Å². The van der Waals surface area contributed by atoms with E-state index in [1.165, 1.54) is 30.5 Å². The molecular weight excluding hydrogens is 263 g/mol. The second kappa shape index (κ2) is 5.92. The summed E-state index contributed by atoms with van der Waals surface area (Å²) in [5.74, 6) is -1.87. The maximum atomic E-state index is 12.7. The van der Waals surface area contributed by atoms with Gasteiger partial charge < -0.3 is 10.4 Å². The smallest absolute Gasteiger partial charge is 0.354 e. The van der Waals surface area contributed by atoms with Crippen molar-refractivity contribution in [2.24, 2.45) is 0 Å². The lowest BCUT2D eigenvalue weighted by Crippen LogP contribution is -2.23. The highest BCUT2D eigenvalue weighted by Gasteiger charge is 2.08. The predicted octanol–water partition coefficient (Wildman–Crippen LogP) is 1.85. The molecule has 0 saturated heterocycles. The highest BCUT2D eigenvalue weighted by Crippen LogP contribution is 2.04. The summed E-state index contributed by atoms with van der Waals surface area (Å²) >= 11 is 0. The first-order valence-corrected chi connectivity index (χ1v) is 5.78. The third kappa shape index (κ3) is 3.38. The molecule has 2 rings (SSSR count). The topological polar surface area (TPSA) is 79.3 Å². The Morgan fingerprint density at radius 1 is 1.15 bits per heavy atom. The fourth-order valence-corrected chi connectivity index (χ4v) is 1.54. The Kier molecular flexibility index (Phi) is 4.05. The molecule has 0 fully saturated rings. The standard InChI is InChI=1S/C14H11FN2O3/c15-11-4-1-9(2-5-11)7-17-13(18)10-3-6-12(14(19)20)16-8-10/h1-6,8H,7H2,(H,17,18)(H,19,20). The Morgan fingerprint density at radius 3 is 2.40 bits per heavy atom. The molecule has 2 aromatic rings. The molecule has 2 N–H and O–H groups in total. The summed E-state index contributed by atoms with van der Waals surface area (Å²) in [6.45, 7) is 0.250. The average Bonchev–Trinajstić information content (AvgIpc) is 2.46. The van der Waals surface area contributed by atoms with Crippen LogP contribution in [-0.2, 0) is 6.54 Å². The van der Waals surface area contributed by atoms with Crippen molar-refractivity contribution in [3.8, 4) is 0 Å². The number of carboxylic acid groups (broad SMARTS) is 1. The molecule has 1 heterocycles. The van der Waals surface area contributed by atoms with Crippen LogP contribution >= 0.6 is 0 Å². The van der Waals surface area contributed by atoms with Gasteiger partial charge in [-0.05, 0) is 29.8 Å². The number of carbonyl (C=O) groups is 2. The Labute approximate surface area is 114 Å². The summed E-state index contributed by atoms with van der Waals surface area (Å²) in [5.41, 5.74) is 0.895. The quantitative estimate of drug-likeness (QED) is 0.891. The van der Waals surface area contributed by atoms with E-state index in [0.29, 0.717) is 0 Å². The number of nitrogens with one attached hydrogen (secondary N) is 1. The molecule has 20 heavy (non-hydrogen) atoms. The zero-order valence-corrected chi connectivity index (χ0v) is 10.3. The molecule has 5 nitrogen and oxygen atoms in total. The lowest BCUT2D eigenvalue weighted by atomic mass is 10.2. The van der Waals surface area contributed by atoms with Gasteiger partial charge in [0.15, 0.2) is 0 Å². The van der Waals surface area contributed by atoms with Crippen LogP contribution in [0.2, 0.25) is 0 Å². The summed E-state index contributed by atoms with van der Waals surface area (Å²) in [7, 11) is 0. The van der Waals surface area contributed by atoms with E-state index >= 15 is 0 Å². The Bertz CT molecular complexity index is 624. The number of amides is 1. The van der Waals surface area contributed by atoms with Crippen LogP contribution in [0.1, 0.15) is 26.4 Å². The molecule has 1 aromatic carbocycles. The van der Waals surface area contributed by atoms with Gasteiger partial charge in [-0.1, -0.05) is 12.1 Å². The maximum Gasteiger partial charge on any atom is 0.354 e. The fraction of sp³-hybridized carbons (Fsp3) is 0.0714. The largest absolute Gasteiger partial charge is 0.477 e. The number of benzene rings is 1. The number of aromatic carboxylic acids is 1. The fourth-order valence-electron chi connectivity index (χ4n) is 1.54. The van der Waals surface area contributed by atoms with Gasteiger partial charge in [-0.25, -0.2) is 14.2 Å². The second-order valence-corrected chi connectivity index (χ2v) is 4.05. The predicted molar refractivity (Wildman–Crippen MR) is 68.8 cm³/mol. The molecule has 0 aliphatic heterocycles. The van der Waals surface area contributed by atoms with Crippen LogP contribution in [0.15, 0.2) is 42.6 Å². The van der Waals surface area contributed by atoms with E-state index in [0.717, 1.165) is 5.56 Å². The molecule has 6 heteroatoms. The first-order valence-electron chi connectivity index (χ1n) is 5.78. The van der Waals surface area contributed by atoms with Gasteiger partial charge in [0.2, 0.25) is 0 Å². The van der Waals surface area contributed by atoms with Gasteiger partial charge in [-0.2, -0.15) is 0 Å². The average molecular weight is 274 g/mol. The molecule has 0 aliphatic rings. The van der Waals surface area contributed by atoms with E-state index < -0.39 is 5.97 Å². The van der Waals surface area contributed by atoms with Gasteiger partial charge in [0.25, 0.3) is 5.91 Å². The van der Waals surface area contributed by atoms with Crippen molar-refractivity contribution in [1.82, 2.24) is 10.3 Å². The minimum Gasteiger partial charge on any atom is -0.477 e. The maximum absolute atomic E-state index is 12.7. The first kappa shape index (κ1) is 13.7. The molecule has 0 radical (unpaired) electrons. The molecule has 0 saturated carbocycles. The van der Waals surface area contributed by atoms with Crippen molar-refractivity contribution < 1.29 is 19.1 Å². The normalized spacial score (nSPS) is 10.1. The van der Waals surface area contributed by atoms with E-state index in [1.54, 1.807) is 12.1 Å².